The molecule has 0 heterocycles. The molecule has 0 bridgehead atoms. The second kappa shape index (κ2) is 9.29. The molecule has 0 unspecified atom stereocenters. The van der Waals surface area contributed by atoms with Crippen molar-refractivity contribution < 1.29 is 33.5 Å². The van der Waals surface area contributed by atoms with Crippen LogP contribution >= 0.6 is 0 Å². The molecule has 0 radical (unpaired) electrons. The van der Waals surface area contributed by atoms with Crippen LogP contribution in [0.4, 0.5) is 0 Å². The van der Waals surface area contributed by atoms with E-state index in [1.54, 1.807) is 19.1 Å². The number of carbonyl (C=O) groups is 3. The van der Waals surface area contributed by atoms with Crippen LogP contribution in [0.25, 0.3) is 0 Å². The minimum Gasteiger partial charge on any atom is -0.497 e. The average Bonchev–Trinajstić information content (AvgIpc) is 2.91. The topological polar surface area (TPSA) is 122 Å². The molecule has 2 rings (SSSR count). The number of hydrogen-bond donors (Lipinski definition) is 0. The minimum absolute atomic E-state index is 0.168. The molecule has 0 aromatic heterocycles. The van der Waals surface area contributed by atoms with Crippen molar-refractivity contribution in [2.45, 2.75) is 19.8 Å². The summed E-state index contributed by atoms with van der Waals surface area (Å²) >= 11 is 0. The van der Waals surface area contributed by atoms with Crippen LogP contribution in [-0.4, -0.2) is 49.8 Å². The van der Waals surface area contributed by atoms with Gasteiger partial charge in [-0.25, -0.2) is 0 Å². The van der Waals surface area contributed by atoms with Crippen LogP contribution in [0.3, 0.4) is 0 Å². The number of hydrogen-bond acceptors (Lipinski definition) is 8. The molecule has 1 aliphatic carbocycles. The first-order valence-corrected chi connectivity index (χ1v) is 8.82. The van der Waals surface area contributed by atoms with Crippen LogP contribution < -0.4 is 9.47 Å². The molecule has 152 valence electrons. The lowest BCUT2D eigenvalue weighted by molar-refractivity contribution is -0.490. The summed E-state index contributed by atoms with van der Waals surface area (Å²) < 4.78 is 15.2. The summed E-state index contributed by atoms with van der Waals surface area (Å²) in [6.45, 7) is 0.861. The van der Waals surface area contributed by atoms with Gasteiger partial charge in [0, 0.05) is 23.2 Å². The Balaban J connectivity index is 1.99. The molecule has 9 heteroatoms. The standard InChI is InChI=1S/C19H23NO8/c1-11-6-16(21)13(15(11)9-20(24)25)8-19(23)28-10-17(22)14-7-12(26-2)4-5-18(14)27-3/h4-5,7,11,13,15H,6,8-10H2,1-3H3/t11-,13+,15+/m0/s1. The van der Waals surface area contributed by atoms with Gasteiger partial charge in [-0.05, 0) is 24.1 Å². The fourth-order valence-corrected chi connectivity index (χ4v) is 3.49. The average molecular weight is 393 g/mol. The zero-order valence-corrected chi connectivity index (χ0v) is 16.0. The van der Waals surface area contributed by atoms with E-state index in [1.807, 2.05) is 0 Å². The van der Waals surface area contributed by atoms with E-state index in [0.29, 0.717) is 11.5 Å². The quantitative estimate of drug-likeness (QED) is 0.270. The first kappa shape index (κ1) is 21.3. The largest absolute Gasteiger partial charge is 0.497 e. The smallest absolute Gasteiger partial charge is 0.306 e. The second-order valence-electron chi connectivity index (χ2n) is 6.79. The Morgan fingerprint density at radius 3 is 2.57 bits per heavy atom. The van der Waals surface area contributed by atoms with Gasteiger partial charge in [0.15, 0.2) is 6.61 Å². The number of ether oxygens (including phenoxy) is 3. The molecule has 1 aromatic rings. The molecule has 1 aliphatic rings. The lowest BCUT2D eigenvalue weighted by atomic mass is 9.88. The van der Waals surface area contributed by atoms with E-state index in [-0.39, 0.29) is 36.7 Å². The van der Waals surface area contributed by atoms with Crippen LogP contribution in [-0.2, 0) is 14.3 Å². The van der Waals surface area contributed by atoms with Crippen LogP contribution in [0.1, 0.15) is 30.1 Å². The van der Waals surface area contributed by atoms with Crippen molar-refractivity contribution in [2.24, 2.45) is 17.8 Å². The van der Waals surface area contributed by atoms with Gasteiger partial charge in [0.2, 0.25) is 12.3 Å². The third-order valence-corrected chi connectivity index (χ3v) is 5.00. The third-order valence-electron chi connectivity index (χ3n) is 5.00. The van der Waals surface area contributed by atoms with Gasteiger partial charge >= 0.3 is 5.97 Å². The van der Waals surface area contributed by atoms with Gasteiger partial charge in [0.05, 0.1) is 26.2 Å². The van der Waals surface area contributed by atoms with Crippen molar-refractivity contribution in [2.75, 3.05) is 27.4 Å². The number of benzene rings is 1. The van der Waals surface area contributed by atoms with E-state index in [9.17, 15) is 24.5 Å². The third kappa shape index (κ3) is 5.05. The summed E-state index contributed by atoms with van der Waals surface area (Å²) in [4.78, 5) is 47.0. The van der Waals surface area contributed by atoms with Gasteiger partial charge in [0.1, 0.15) is 17.3 Å². The Morgan fingerprint density at radius 1 is 1.25 bits per heavy atom. The molecule has 1 fully saturated rings. The Bertz CT molecular complexity index is 775. The molecule has 0 aliphatic heterocycles. The van der Waals surface area contributed by atoms with Gasteiger partial charge in [0.25, 0.3) is 0 Å². The number of methoxy groups -OCH3 is 2. The summed E-state index contributed by atoms with van der Waals surface area (Å²) in [5, 5.41) is 10.8. The number of ketones is 2. The maximum absolute atomic E-state index is 12.4. The van der Waals surface area contributed by atoms with Gasteiger partial charge in [-0.15, -0.1) is 0 Å². The Hall–Kier alpha value is -2.97. The summed E-state index contributed by atoms with van der Waals surface area (Å²) in [6.07, 6.45) is -0.0689. The molecule has 0 amide bonds. The molecule has 0 saturated heterocycles. The van der Waals surface area contributed by atoms with Crippen LogP contribution in [0.5, 0.6) is 11.5 Å². The summed E-state index contributed by atoms with van der Waals surface area (Å²) in [6, 6.07) is 4.67. The summed E-state index contributed by atoms with van der Waals surface area (Å²) in [7, 11) is 2.87. The predicted octanol–water partition coefficient (Wildman–Crippen LogP) is 1.94. The molecular formula is C19H23NO8. The Kier molecular flexibility index (Phi) is 7.08. The van der Waals surface area contributed by atoms with Crippen LogP contribution in [0.15, 0.2) is 18.2 Å². The minimum atomic E-state index is -0.755. The highest BCUT2D eigenvalue weighted by atomic mass is 16.6. The number of esters is 1. The first-order chi connectivity index (χ1) is 13.3. The number of nitro groups is 1. The van der Waals surface area contributed by atoms with E-state index in [1.165, 1.54) is 20.3 Å². The van der Waals surface area contributed by atoms with Crippen LogP contribution in [0.2, 0.25) is 0 Å². The zero-order chi connectivity index (χ0) is 20.8. The van der Waals surface area contributed by atoms with Gasteiger partial charge in [-0.2, -0.15) is 0 Å². The monoisotopic (exact) mass is 393 g/mol. The van der Waals surface area contributed by atoms with E-state index in [2.05, 4.69) is 0 Å². The molecule has 0 spiro atoms. The Labute approximate surface area is 162 Å². The number of rotatable bonds is 9. The van der Waals surface area contributed by atoms with Gasteiger partial charge < -0.3 is 14.2 Å². The maximum Gasteiger partial charge on any atom is 0.306 e. The van der Waals surface area contributed by atoms with Crippen molar-refractivity contribution >= 4 is 17.5 Å². The number of nitrogens with zero attached hydrogens (tertiary/aromatic N) is 1. The SMILES string of the molecule is COc1ccc(OC)c(C(=O)COC(=O)C[C@H]2C(=O)C[C@H](C)[C@H]2C[N+](=O)[O-])c1. The Morgan fingerprint density at radius 2 is 1.96 bits per heavy atom. The molecule has 1 aromatic carbocycles. The summed E-state index contributed by atoms with van der Waals surface area (Å²) in [5.74, 6) is -2.08. The molecule has 1 saturated carbocycles. The van der Waals surface area contributed by atoms with Crippen molar-refractivity contribution in [3.63, 3.8) is 0 Å². The van der Waals surface area contributed by atoms with E-state index < -0.39 is 35.1 Å². The van der Waals surface area contributed by atoms with Crippen molar-refractivity contribution in [1.82, 2.24) is 0 Å². The fraction of sp³-hybridized carbons (Fsp3) is 0.526. The van der Waals surface area contributed by atoms with Crippen LogP contribution in [0, 0.1) is 27.9 Å². The van der Waals surface area contributed by atoms with E-state index in [4.69, 9.17) is 14.2 Å². The highest BCUT2D eigenvalue weighted by Crippen LogP contribution is 2.36. The molecular weight excluding hydrogens is 370 g/mol. The highest BCUT2D eigenvalue weighted by molar-refractivity contribution is 6.00. The second-order valence-corrected chi connectivity index (χ2v) is 6.79. The first-order valence-electron chi connectivity index (χ1n) is 8.82. The predicted molar refractivity (Wildman–Crippen MR) is 97.1 cm³/mol. The van der Waals surface area contributed by atoms with Gasteiger partial charge in [-0.3, -0.25) is 24.5 Å². The zero-order valence-electron chi connectivity index (χ0n) is 16.0. The van der Waals surface area contributed by atoms with E-state index in [0.717, 1.165) is 0 Å². The highest BCUT2D eigenvalue weighted by Gasteiger charge is 2.44. The van der Waals surface area contributed by atoms with Crippen molar-refractivity contribution in [3.8, 4) is 11.5 Å². The molecule has 0 N–H and O–H groups in total. The van der Waals surface area contributed by atoms with Crippen molar-refractivity contribution in [3.05, 3.63) is 33.9 Å². The normalized spacial score (nSPS) is 21.2. The maximum atomic E-state index is 12.4. The van der Waals surface area contributed by atoms with Crippen molar-refractivity contribution in [1.29, 1.82) is 0 Å². The number of Topliss-reactive ketones (excluding diaryl/α,β-unsaturated/α-hetero) is 2. The lowest BCUT2D eigenvalue weighted by Gasteiger charge is -2.17. The molecule has 28 heavy (non-hydrogen) atoms. The van der Waals surface area contributed by atoms with Gasteiger partial charge in [-0.1, -0.05) is 6.92 Å². The fourth-order valence-electron chi connectivity index (χ4n) is 3.49. The molecule has 3 atom stereocenters. The van der Waals surface area contributed by atoms with E-state index >= 15 is 0 Å². The molecule has 9 nitrogen and oxygen atoms in total. The lowest BCUT2D eigenvalue weighted by Crippen LogP contribution is -2.28. The number of carbonyl (C=O) groups excluding carboxylic acids is 3. The summed E-state index contributed by atoms with van der Waals surface area (Å²) in [5.41, 5.74) is 0.200.